The van der Waals surface area contributed by atoms with E-state index < -0.39 is 35.1 Å². The standard InChI is InChI=1S/C34H33F6N5O/c35-28-27(24-14-20(30(36)37)13-19-5-1-2-6-23(19)24)26(34(38,39)40)15-25-29(28)42-32(46-18-33-9-3-11-45(33)12-4-10-33)43-31(25)44-16-21-7-8-22(17-44)41-21/h1-2,5-6,13-15,21-22,30,41H,3-4,7-12,16-18H2. The molecule has 0 saturated carbocycles. The SMILES string of the molecule is Fc1c(-c2cc(C(F)F)cc3ccccc23)c(C(F)(F)F)cc2c(N3CC4CCC(C3)N4)nc(OCC34CCCN3CCC4)nc12. The van der Waals surface area contributed by atoms with Crippen LogP contribution < -0.4 is 15.0 Å². The molecule has 0 aliphatic carbocycles. The van der Waals surface area contributed by atoms with E-state index in [4.69, 9.17) is 4.74 Å². The van der Waals surface area contributed by atoms with Crippen LogP contribution in [0.1, 0.15) is 56.1 Å². The molecule has 0 radical (unpaired) electrons. The predicted octanol–water partition coefficient (Wildman–Crippen LogP) is 7.49. The fraction of sp³-hybridized carbons (Fsp3) is 0.471. The Morgan fingerprint density at radius 2 is 1.67 bits per heavy atom. The van der Waals surface area contributed by atoms with Gasteiger partial charge < -0.3 is 15.0 Å². The number of hydrogen-bond acceptors (Lipinski definition) is 6. The van der Waals surface area contributed by atoms with Crippen molar-refractivity contribution in [2.75, 3.05) is 37.7 Å². The molecule has 46 heavy (non-hydrogen) atoms. The first-order valence-electron chi connectivity index (χ1n) is 15.9. The molecule has 4 saturated heterocycles. The first-order chi connectivity index (χ1) is 22.1. The molecule has 5 heterocycles. The van der Waals surface area contributed by atoms with Crippen LogP contribution in [0.4, 0.5) is 32.2 Å². The Bertz CT molecular complexity index is 1810. The second-order valence-electron chi connectivity index (χ2n) is 13.2. The highest BCUT2D eigenvalue weighted by Gasteiger charge is 2.45. The average molecular weight is 642 g/mol. The summed E-state index contributed by atoms with van der Waals surface area (Å²) in [5.41, 5.74) is -3.34. The Morgan fingerprint density at radius 1 is 0.957 bits per heavy atom. The highest BCUT2D eigenvalue weighted by atomic mass is 19.4. The van der Waals surface area contributed by atoms with Crippen molar-refractivity contribution in [2.45, 2.75) is 68.7 Å². The monoisotopic (exact) mass is 641 g/mol. The second kappa shape index (κ2) is 11.0. The number of nitrogens with zero attached hydrogens (tertiary/aromatic N) is 4. The summed E-state index contributed by atoms with van der Waals surface area (Å²) >= 11 is 0. The van der Waals surface area contributed by atoms with Crippen molar-refractivity contribution in [3.63, 3.8) is 0 Å². The van der Waals surface area contributed by atoms with Crippen molar-refractivity contribution < 1.29 is 31.1 Å². The number of nitrogens with one attached hydrogen (secondary N) is 1. The summed E-state index contributed by atoms with van der Waals surface area (Å²) < 4.78 is 95.9. The molecule has 8 rings (SSSR count). The quantitative estimate of drug-likeness (QED) is 0.220. The minimum Gasteiger partial charge on any atom is -0.461 e. The van der Waals surface area contributed by atoms with Crippen LogP contribution in [0.5, 0.6) is 6.01 Å². The number of hydrogen-bond donors (Lipinski definition) is 1. The minimum absolute atomic E-state index is 0.0851. The minimum atomic E-state index is -5.01. The first kappa shape index (κ1) is 29.7. The van der Waals surface area contributed by atoms with E-state index in [2.05, 4.69) is 20.2 Å². The van der Waals surface area contributed by atoms with Gasteiger partial charge in [-0.2, -0.15) is 23.1 Å². The largest absolute Gasteiger partial charge is 0.461 e. The van der Waals surface area contributed by atoms with Gasteiger partial charge in [0.15, 0.2) is 5.82 Å². The lowest BCUT2D eigenvalue weighted by Crippen LogP contribution is -2.51. The smallest absolute Gasteiger partial charge is 0.417 e. The number of piperazine rings is 1. The first-order valence-corrected chi connectivity index (χ1v) is 15.9. The van der Waals surface area contributed by atoms with E-state index in [1.54, 1.807) is 12.1 Å². The number of rotatable bonds is 6. The van der Waals surface area contributed by atoms with Crippen LogP contribution in [0, 0.1) is 5.82 Å². The van der Waals surface area contributed by atoms with E-state index in [1.165, 1.54) is 18.2 Å². The second-order valence-corrected chi connectivity index (χ2v) is 13.2. The molecule has 3 aromatic carbocycles. The highest BCUT2D eigenvalue weighted by Crippen LogP contribution is 2.46. The van der Waals surface area contributed by atoms with Gasteiger partial charge in [0.05, 0.1) is 11.1 Å². The van der Waals surface area contributed by atoms with Crippen LogP contribution in [0.15, 0.2) is 42.5 Å². The van der Waals surface area contributed by atoms with E-state index in [9.17, 15) is 22.0 Å². The maximum Gasteiger partial charge on any atom is 0.417 e. The van der Waals surface area contributed by atoms with E-state index in [-0.39, 0.29) is 56.7 Å². The van der Waals surface area contributed by atoms with Crippen LogP contribution in [-0.4, -0.2) is 65.3 Å². The van der Waals surface area contributed by atoms with Crippen LogP contribution in [0.3, 0.4) is 0 Å². The van der Waals surface area contributed by atoms with Gasteiger partial charge in [-0.05, 0) is 86.1 Å². The van der Waals surface area contributed by atoms with Crippen molar-refractivity contribution in [2.24, 2.45) is 0 Å². The molecule has 4 aromatic rings. The molecule has 1 N–H and O–H groups in total. The summed E-state index contributed by atoms with van der Waals surface area (Å²) in [6, 6.07) is 9.43. The number of anilines is 1. The number of ether oxygens (including phenoxy) is 1. The van der Waals surface area contributed by atoms with Crippen LogP contribution in [0.25, 0.3) is 32.8 Å². The Hall–Kier alpha value is -3.64. The van der Waals surface area contributed by atoms with Gasteiger partial charge in [-0.25, -0.2) is 13.2 Å². The maximum absolute atomic E-state index is 17.0. The molecule has 2 atom stereocenters. The molecular formula is C34H33F6N5O. The van der Waals surface area contributed by atoms with Gasteiger partial charge in [0.2, 0.25) is 0 Å². The van der Waals surface area contributed by atoms with Crippen molar-refractivity contribution in [1.29, 1.82) is 0 Å². The fourth-order valence-corrected chi connectivity index (χ4v) is 8.28. The van der Waals surface area contributed by atoms with Gasteiger partial charge in [-0.3, -0.25) is 4.90 Å². The fourth-order valence-electron chi connectivity index (χ4n) is 8.28. The van der Waals surface area contributed by atoms with Crippen molar-refractivity contribution in [3.8, 4) is 17.1 Å². The molecule has 4 fully saturated rings. The van der Waals surface area contributed by atoms with Gasteiger partial charge in [-0.1, -0.05) is 24.3 Å². The van der Waals surface area contributed by atoms with Crippen LogP contribution in [0.2, 0.25) is 0 Å². The predicted molar refractivity (Wildman–Crippen MR) is 163 cm³/mol. The van der Waals surface area contributed by atoms with Gasteiger partial charge in [0, 0.05) is 41.7 Å². The van der Waals surface area contributed by atoms with E-state index in [0.717, 1.165) is 63.7 Å². The third-order valence-corrected chi connectivity index (χ3v) is 10.4. The number of fused-ring (bicyclic) bond motifs is 5. The molecule has 2 bridgehead atoms. The van der Waals surface area contributed by atoms with Gasteiger partial charge in [-0.15, -0.1) is 0 Å². The normalized spacial score (nSPS) is 22.8. The number of halogens is 6. The van der Waals surface area contributed by atoms with E-state index in [1.807, 2.05) is 4.90 Å². The van der Waals surface area contributed by atoms with E-state index in [0.29, 0.717) is 19.7 Å². The summed E-state index contributed by atoms with van der Waals surface area (Å²) in [4.78, 5) is 13.4. The Morgan fingerprint density at radius 3 is 2.37 bits per heavy atom. The number of alkyl halides is 5. The zero-order valence-corrected chi connectivity index (χ0v) is 25.0. The number of benzene rings is 3. The molecule has 1 aromatic heterocycles. The Balaban J connectivity index is 1.34. The molecular weight excluding hydrogens is 608 g/mol. The topological polar surface area (TPSA) is 53.5 Å². The molecule has 242 valence electrons. The lowest BCUT2D eigenvalue weighted by molar-refractivity contribution is -0.137. The summed E-state index contributed by atoms with van der Waals surface area (Å²) in [5, 5.41) is 3.93. The Kier molecular flexibility index (Phi) is 7.09. The van der Waals surface area contributed by atoms with Gasteiger partial charge >= 0.3 is 12.2 Å². The highest BCUT2D eigenvalue weighted by molar-refractivity contribution is 6.02. The average Bonchev–Trinajstić information content (AvgIpc) is 3.72. The zero-order chi connectivity index (χ0) is 31.8. The molecule has 12 heteroatoms. The van der Waals surface area contributed by atoms with Crippen molar-refractivity contribution >= 4 is 27.5 Å². The third-order valence-electron chi connectivity index (χ3n) is 10.4. The summed E-state index contributed by atoms with van der Waals surface area (Å²) in [6.07, 6.45) is -2.14. The van der Waals surface area contributed by atoms with Crippen molar-refractivity contribution in [1.82, 2.24) is 20.2 Å². The molecule has 0 amide bonds. The van der Waals surface area contributed by atoms with Gasteiger partial charge in [0.1, 0.15) is 17.9 Å². The third kappa shape index (κ3) is 4.95. The van der Waals surface area contributed by atoms with Crippen LogP contribution in [-0.2, 0) is 6.18 Å². The molecule has 4 aliphatic heterocycles. The molecule has 6 nitrogen and oxygen atoms in total. The lowest BCUT2D eigenvalue weighted by atomic mass is 9.90. The zero-order valence-electron chi connectivity index (χ0n) is 25.0. The number of aromatic nitrogens is 2. The molecule has 4 aliphatic rings. The summed E-state index contributed by atoms with van der Waals surface area (Å²) in [7, 11) is 0. The maximum atomic E-state index is 17.0. The van der Waals surface area contributed by atoms with Crippen molar-refractivity contribution in [3.05, 3.63) is 59.4 Å². The summed E-state index contributed by atoms with van der Waals surface area (Å²) in [6.45, 7) is 3.22. The van der Waals surface area contributed by atoms with Crippen LogP contribution >= 0.6 is 0 Å². The Labute approximate surface area is 261 Å². The summed E-state index contributed by atoms with van der Waals surface area (Å²) in [5.74, 6) is -1.05. The lowest BCUT2D eigenvalue weighted by Gasteiger charge is -2.35. The molecule has 0 spiro atoms. The molecule has 2 unspecified atom stereocenters. The van der Waals surface area contributed by atoms with E-state index >= 15 is 4.39 Å². The van der Waals surface area contributed by atoms with Gasteiger partial charge in [0.25, 0.3) is 6.43 Å².